The van der Waals surface area contributed by atoms with Crippen molar-refractivity contribution in [1.82, 2.24) is 30.7 Å². The smallest absolute Gasteiger partial charge is 0.273 e. The number of pyridine rings is 2. The van der Waals surface area contributed by atoms with E-state index in [2.05, 4.69) is 36.8 Å². The molecule has 3 heterocycles. The van der Waals surface area contributed by atoms with Crippen LogP contribution in [0.15, 0.2) is 42.6 Å². The molecule has 0 saturated heterocycles. The largest absolute Gasteiger partial charge is 0.384 e. The Morgan fingerprint density at radius 3 is 2.70 bits per heavy atom. The third-order valence-corrected chi connectivity index (χ3v) is 5.19. The highest BCUT2D eigenvalue weighted by Crippen LogP contribution is 2.26. The topological polar surface area (TPSA) is 122 Å². The highest BCUT2D eigenvalue weighted by molar-refractivity contribution is 5.92. The number of hydrogen-bond acceptors (Lipinski definition) is 6. The summed E-state index contributed by atoms with van der Waals surface area (Å²) >= 11 is 0. The molecule has 4 aromatic rings. The van der Waals surface area contributed by atoms with Gasteiger partial charge in [0.2, 0.25) is 0 Å². The number of fused-ring (bicyclic) bond motifs is 1. The zero-order chi connectivity index (χ0) is 21.3. The number of H-pyrrole nitrogens is 1. The lowest BCUT2D eigenvalue weighted by Gasteiger charge is -2.21. The van der Waals surface area contributed by atoms with Gasteiger partial charge in [-0.1, -0.05) is 12.1 Å². The van der Waals surface area contributed by atoms with Crippen LogP contribution in [0.3, 0.4) is 0 Å². The van der Waals surface area contributed by atoms with Crippen molar-refractivity contribution in [2.24, 2.45) is 0 Å². The molecule has 4 N–H and O–H groups in total. The number of aromatic amines is 1. The molecule has 4 rings (SSSR count). The van der Waals surface area contributed by atoms with Crippen LogP contribution in [-0.2, 0) is 6.42 Å². The molecule has 0 spiro atoms. The Labute approximate surface area is 173 Å². The van der Waals surface area contributed by atoms with E-state index in [-0.39, 0.29) is 17.6 Å². The van der Waals surface area contributed by atoms with Gasteiger partial charge in [0.25, 0.3) is 5.91 Å². The van der Waals surface area contributed by atoms with Crippen molar-refractivity contribution >= 4 is 22.6 Å². The van der Waals surface area contributed by atoms with Gasteiger partial charge in [0.15, 0.2) is 5.69 Å². The van der Waals surface area contributed by atoms with E-state index >= 15 is 0 Å². The van der Waals surface area contributed by atoms with Crippen LogP contribution in [0.25, 0.3) is 10.9 Å². The molecule has 1 unspecified atom stereocenters. The first-order valence-electron chi connectivity index (χ1n) is 9.67. The number of nitrogens with two attached hydrogens (primary N) is 1. The molecule has 0 saturated carbocycles. The first-order valence-corrected chi connectivity index (χ1v) is 9.67. The van der Waals surface area contributed by atoms with Crippen molar-refractivity contribution in [3.63, 3.8) is 0 Å². The predicted octanol–water partition coefficient (Wildman–Crippen LogP) is 2.97. The van der Waals surface area contributed by atoms with Crippen molar-refractivity contribution in [3.05, 3.63) is 76.4 Å². The monoisotopic (exact) mass is 401 g/mol. The summed E-state index contributed by atoms with van der Waals surface area (Å²) in [4.78, 5) is 21.7. The lowest BCUT2D eigenvalue weighted by molar-refractivity contribution is 0.0931. The van der Waals surface area contributed by atoms with Crippen LogP contribution < -0.4 is 11.1 Å². The average Bonchev–Trinajstić information content (AvgIpc) is 3.24. The number of aryl methyl sites for hydroxylation is 3. The molecule has 8 nitrogen and oxygen atoms in total. The number of anilines is 1. The minimum Gasteiger partial charge on any atom is -0.384 e. The lowest BCUT2D eigenvalue weighted by atomic mass is 9.94. The molecule has 0 radical (unpaired) electrons. The standard InChI is InChI=1S/C22H23N7O/c1-12-8-21(23)26-14(3)17(12)10-19(27-22(30)20-11-24-29-28-20)16-6-7-18-15(9-16)5-4-13(2)25-18/h4-9,11,19H,10H2,1-3H3,(H2,23,26)(H,27,30)(H,24,28,29). The Balaban J connectivity index is 1.73. The molecule has 8 heteroatoms. The number of nitrogens with one attached hydrogen (secondary N) is 2. The molecule has 1 atom stereocenters. The van der Waals surface area contributed by atoms with Crippen LogP contribution in [-0.4, -0.2) is 31.3 Å². The summed E-state index contributed by atoms with van der Waals surface area (Å²) in [5, 5.41) is 14.2. The Hall–Kier alpha value is -3.81. The Morgan fingerprint density at radius 1 is 1.13 bits per heavy atom. The van der Waals surface area contributed by atoms with E-state index in [1.165, 1.54) is 6.20 Å². The second-order valence-corrected chi connectivity index (χ2v) is 7.42. The maximum atomic E-state index is 12.7. The molecule has 30 heavy (non-hydrogen) atoms. The van der Waals surface area contributed by atoms with Gasteiger partial charge in [-0.25, -0.2) is 4.98 Å². The summed E-state index contributed by atoms with van der Waals surface area (Å²) in [6.07, 6.45) is 1.97. The molecule has 0 aliphatic heterocycles. The van der Waals surface area contributed by atoms with E-state index in [0.717, 1.165) is 39.0 Å². The van der Waals surface area contributed by atoms with Crippen molar-refractivity contribution in [3.8, 4) is 0 Å². The van der Waals surface area contributed by atoms with Gasteiger partial charge in [0, 0.05) is 16.8 Å². The summed E-state index contributed by atoms with van der Waals surface area (Å²) in [6.45, 7) is 5.90. The number of nitrogen functional groups attached to an aromatic ring is 1. The molecule has 0 bridgehead atoms. The zero-order valence-corrected chi connectivity index (χ0v) is 17.1. The van der Waals surface area contributed by atoms with E-state index in [1.807, 2.05) is 51.1 Å². The summed E-state index contributed by atoms with van der Waals surface area (Å²) in [5.41, 5.74) is 11.9. The first-order chi connectivity index (χ1) is 14.4. The van der Waals surface area contributed by atoms with Gasteiger partial charge in [0.1, 0.15) is 5.82 Å². The molecule has 0 fully saturated rings. The van der Waals surface area contributed by atoms with E-state index in [9.17, 15) is 4.79 Å². The van der Waals surface area contributed by atoms with Crippen LogP contribution in [0.2, 0.25) is 0 Å². The highest BCUT2D eigenvalue weighted by atomic mass is 16.2. The molecule has 3 aromatic heterocycles. The highest BCUT2D eigenvalue weighted by Gasteiger charge is 2.21. The summed E-state index contributed by atoms with van der Waals surface area (Å²) in [7, 11) is 0. The normalized spacial score (nSPS) is 12.1. The molecule has 1 aromatic carbocycles. The van der Waals surface area contributed by atoms with Crippen molar-refractivity contribution < 1.29 is 4.79 Å². The van der Waals surface area contributed by atoms with E-state index in [4.69, 9.17) is 5.73 Å². The van der Waals surface area contributed by atoms with Gasteiger partial charge in [-0.15, -0.1) is 0 Å². The number of carbonyl (C=O) groups excluding carboxylic acids is 1. The van der Waals surface area contributed by atoms with E-state index in [0.29, 0.717) is 12.2 Å². The molecule has 1 amide bonds. The van der Waals surface area contributed by atoms with Gasteiger partial charge < -0.3 is 11.1 Å². The van der Waals surface area contributed by atoms with Crippen LogP contribution in [0.5, 0.6) is 0 Å². The van der Waals surface area contributed by atoms with Gasteiger partial charge in [0.05, 0.1) is 17.8 Å². The average molecular weight is 401 g/mol. The molecular weight excluding hydrogens is 378 g/mol. The summed E-state index contributed by atoms with van der Waals surface area (Å²) < 4.78 is 0. The lowest BCUT2D eigenvalue weighted by Crippen LogP contribution is -2.30. The number of hydrogen-bond donors (Lipinski definition) is 3. The van der Waals surface area contributed by atoms with Crippen LogP contribution in [0.4, 0.5) is 5.82 Å². The van der Waals surface area contributed by atoms with Crippen molar-refractivity contribution in [1.29, 1.82) is 0 Å². The minimum absolute atomic E-state index is 0.238. The summed E-state index contributed by atoms with van der Waals surface area (Å²) in [5.74, 6) is 0.193. The fourth-order valence-electron chi connectivity index (χ4n) is 3.66. The minimum atomic E-state index is -0.297. The summed E-state index contributed by atoms with van der Waals surface area (Å²) in [6, 6.07) is 11.6. The molecule has 0 aliphatic rings. The number of benzene rings is 1. The van der Waals surface area contributed by atoms with Crippen LogP contribution >= 0.6 is 0 Å². The number of carbonyl (C=O) groups is 1. The fraction of sp³-hybridized carbons (Fsp3) is 0.227. The Morgan fingerprint density at radius 2 is 1.97 bits per heavy atom. The van der Waals surface area contributed by atoms with Gasteiger partial charge in [-0.2, -0.15) is 15.4 Å². The van der Waals surface area contributed by atoms with Gasteiger partial charge in [-0.05, 0) is 68.1 Å². The van der Waals surface area contributed by atoms with Crippen LogP contribution in [0.1, 0.15) is 44.6 Å². The SMILES string of the molecule is Cc1ccc2cc(C(Cc3c(C)cc(N)nc3C)NC(=O)c3cn[nH]n3)ccc2n1. The number of aromatic nitrogens is 5. The maximum absolute atomic E-state index is 12.7. The van der Waals surface area contributed by atoms with Crippen LogP contribution in [0, 0.1) is 20.8 Å². The molecule has 152 valence electrons. The number of nitrogens with zero attached hydrogens (tertiary/aromatic N) is 4. The van der Waals surface area contributed by atoms with Crippen molar-refractivity contribution in [2.45, 2.75) is 33.2 Å². The third kappa shape index (κ3) is 3.98. The van der Waals surface area contributed by atoms with Gasteiger partial charge in [-0.3, -0.25) is 9.78 Å². The Bertz CT molecular complexity index is 1190. The number of rotatable bonds is 5. The number of amides is 1. The predicted molar refractivity (Wildman–Crippen MR) is 115 cm³/mol. The molecular formula is C22H23N7O. The molecule has 0 aliphatic carbocycles. The third-order valence-electron chi connectivity index (χ3n) is 5.19. The van der Waals surface area contributed by atoms with E-state index in [1.54, 1.807) is 0 Å². The second-order valence-electron chi connectivity index (χ2n) is 7.42. The Kier molecular flexibility index (Phi) is 5.14. The maximum Gasteiger partial charge on any atom is 0.273 e. The van der Waals surface area contributed by atoms with E-state index < -0.39 is 0 Å². The van der Waals surface area contributed by atoms with Crippen molar-refractivity contribution in [2.75, 3.05) is 5.73 Å². The second kappa shape index (κ2) is 7.90. The quantitative estimate of drug-likeness (QED) is 0.472. The van der Waals surface area contributed by atoms with Gasteiger partial charge >= 0.3 is 0 Å². The zero-order valence-electron chi connectivity index (χ0n) is 17.1. The fourth-order valence-corrected chi connectivity index (χ4v) is 3.66. The first kappa shape index (κ1) is 19.5.